The fourth-order valence-corrected chi connectivity index (χ4v) is 0.667. The highest BCUT2D eigenvalue weighted by Gasteiger charge is 1.81. The zero-order valence-corrected chi connectivity index (χ0v) is 11.7. The van der Waals surface area contributed by atoms with Crippen LogP contribution < -0.4 is 5.32 Å². The van der Waals surface area contributed by atoms with Gasteiger partial charge in [0.2, 0.25) is 6.41 Å². The fourth-order valence-electron chi connectivity index (χ4n) is 0.667. The molecule has 3 heteroatoms. The third-order valence-corrected chi connectivity index (χ3v) is 1.31. The van der Waals surface area contributed by atoms with Gasteiger partial charge in [-0.1, -0.05) is 58.0 Å². The van der Waals surface area contributed by atoms with E-state index in [1.807, 2.05) is 65.0 Å². The van der Waals surface area contributed by atoms with Crippen LogP contribution in [0, 0.1) is 0 Å². The largest absolute Gasteiger partial charge is 0.392 e. The highest BCUT2D eigenvalue weighted by molar-refractivity contribution is 5.45. The van der Waals surface area contributed by atoms with Crippen molar-refractivity contribution in [2.24, 2.45) is 0 Å². The third-order valence-electron chi connectivity index (χ3n) is 1.31. The molecule has 1 amide bonds. The minimum Gasteiger partial charge on any atom is -0.392 e. The van der Waals surface area contributed by atoms with Crippen molar-refractivity contribution in [3.05, 3.63) is 35.9 Å². The summed E-state index contributed by atoms with van der Waals surface area (Å²) < 4.78 is 0. The van der Waals surface area contributed by atoms with Crippen LogP contribution in [-0.4, -0.2) is 18.1 Å². The molecule has 2 N–H and O–H groups in total. The van der Waals surface area contributed by atoms with E-state index in [1.165, 1.54) is 0 Å². The molecule has 0 aliphatic carbocycles. The molecule has 0 aliphatic heterocycles. The number of benzene rings is 1. The number of aliphatic hydroxyl groups is 1. The lowest BCUT2D eigenvalue weighted by Gasteiger charge is -1.89. The first-order valence-corrected chi connectivity index (χ1v) is 6.17. The lowest BCUT2D eigenvalue weighted by atomic mass is 10.2. The molecule has 0 atom stereocenters. The molecule has 0 spiro atoms. The molecule has 100 valence electrons. The molecular weight excluding hydrogens is 214 g/mol. The van der Waals surface area contributed by atoms with E-state index in [0.717, 1.165) is 12.1 Å². The van der Waals surface area contributed by atoms with Gasteiger partial charge in [-0.15, -0.1) is 0 Å². The van der Waals surface area contributed by atoms with Crippen LogP contribution in [0.15, 0.2) is 30.3 Å². The van der Waals surface area contributed by atoms with Gasteiger partial charge in [-0.25, -0.2) is 0 Å². The van der Waals surface area contributed by atoms with Gasteiger partial charge >= 0.3 is 0 Å². The maximum atomic E-state index is 9.29. The van der Waals surface area contributed by atoms with Gasteiger partial charge in [-0.05, 0) is 12.5 Å². The minimum atomic E-state index is 0.140. The molecule has 1 aromatic rings. The summed E-state index contributed by atoms with van der Waals surface area (Å²) in [5.41, 5.74) is 0.965. The molecule has 0 saturated carbocycles. The first-order chi connectivity index (χ1) is 8.35. The summed E-state index contributed by atoms with van der Waals surface area (Å²) in [4.78, 5) is 9.29. The van der Waals surface area contributed by atoms with E-state index in [1.54, 1.807) is 0 Å². The Morgan fingerprint density at radius 3 is 1.76 bits per heavy atom. The second kappa shape index (κ2) is 24.1. The molecule has 0 aromatic heterocycles. The highest BCUT2D eigenvalue weighted by atomic mass is 16.3. The number of rotatable bonds is 3. The van der Waals surface area contributed by atoms with Crippen molar-refractivity contribution >= 4 is 6.41 Å². The van der Waals surface area contributed by atoms with Gasteiger partial charge in [-0.2, -0.15) is 0 Å². The van der Waals surface area contributed by atoms with E-state index >= 15 is 0 Å². The van der Waals surface area contributed by atoms with Crippen molar-refractivity contribution in [2.75, 3.05) is 6.54 Å². The Labute approximate surface area is 106 Å². The van der Waals surface area contributed by atoms with E-state index in [0.29, 0.717) is 6.41 Å². The van der Waals surface area contributed by atoms with Gasteiger partial charge in [0.25, 0.3) is 0 Å². The van der Waals surface area contributed by atoms with Crippen LogP contribution >= 0.6 is 0 Å². The van der Waals surface area contributed by atoms with Crippen LogP contribution in [0.25, 0.3) is 0 Å². The first-order valence-electron chi connectivity index (χ1n) is 6.17. The number of carbonyl (C=O) groups excluding carboxylic acids is 1. The number of nitrogens with one attached hydrogen (secondary N) is 1. The number of hydrogen-bond donors (Lipinski definition) is 2. The maximum absolute atomic E-state index is 9.29. The zero-order valence-electron chi connectivity index (χ0n) is 11.7. The molecule has 1 aromatic carbocycles. The molecule has 17 heavy (non-hydrogen) atoms. The summed E-state index contributed by atoms with van der Waals surface area (Å²) in [7, 11) is 0. The number of hydrogen-bond acceptors (Lipinski definition) is 2. The molecule has 0 radical (unpaired) electrons. The average Bonchev–Trinajstić information content (AvgIpc) is 2.46. The smallest absolute Gasteiger partial charge is 0.207 e. The quantitative estimate of drug-likeness (QED) is 0.799. The van der Waals surface area contributed by atoms with Crippen LogP contribution in [0.4, 0.5) is 0 Å². The predicted molar refractivity (Wildman–Crippen MR) is 74.8 cm³/mol. The summed E-state index contributed by atoms with van der Waals surface area (Å²) in [5.74, 6) is 0. The molecule has 1 rings (SSSR count). The molecule has 0 aliphatic rings. The van der Waals surface area contributed by atoms with Crippen molar-refractivity contribution in [1.29, 1.82) is 0 Å². The Kier molecular flexibility index (Phi) is 29.7. The monoisotopic (exact) mass is 241 g/mol. The Balaban J connectivity index is -0.000000190. The number of carbonyl (C=O) groups is 1. The van der Waals surface area contributed by atoms with Crippen molar-refractivity contribution in [1.82, 2.24) is 5.32 Å². The molecule has 0 bridgehead atoms. The summed E-state index contributed by atoms with van der Waals surface area (Å²) in [6.07, 6.45) is 0.681. The van der Waals surface area contributed by atoms with E-state index in [9.17, 15) is 4.79 Å². The van der Waals surface area contributed by atoms with Crippen molar-refractivity contribution in [2.45, 2.75) is 41.2 Å². The maximum Gasteiger partial charge on any atom is 0.207 e. The molecular formula is C14H27NO2. The second-order valence-electron chi connectivity index (χ2n) is 2.32. The molecule has 0 saturated heterocycles. The van der Waals surface area contributed by atoms with Crippen LogP contribution in [0.1, 0.15) is 40.2 Å². The van der Waals surface area contributed by atoms with E-state index in [4.69, 9.17) is 5.11 Å². The van der Waals surface area contributed by atoms with Gasteiger partial charge < -0.3 is 10.4 Å². The molecule has 0 unspecified atom stereocenters. The van der Waals surface area contributed by atoms with E-state index in [2.05, 4.69) is 5.32 Å². The van der Waals surface area contributed by atoms with Gasteiger partial charge in [-0.3, -0.25) is 4.79 Å². The Bertz CT molecular complexity index is 213. The van der Waals surface area contributed by atoms with E-state index < -0.39 is 0 Å². The van der Waals surface area contributed by atoms with Crippen LogP contribution in [0.3, 0.4) is 0 Å². The lowest BCUT2D eigenvalue weighted by molar-refractivity contribution is -0.109. The summed E-state index contributed by atoms with van der Waals surface area (Å²) in [5, 5.41) is 11.0. The number of amides is 1. The Morgan fingerprint density at radius 2 is 1.59 bits per heavy atom. The second-order valence-corrected chi connectivity index (χ2v) is 2.32. The number of aliphatic hydroxyl groups excluding tert-OH is 1. The topological polar surface area (TPSA) is 49.3 Å². The minimum absolute atomic E-state index is 0.140. The average molecular weight is 241 g/mol. The fraction of sp³-hybridized carbons (Fsp3) is 0.500. The van der Waals surface area contributed by atoms with Crippen LogP contribution in [0.2, 0.25) is 0 Å². The van der Waals surface area contributed by atoms with Crippen LogP contribution in [0.5, 0.6) is 0 Å². The standard InChI is InChI=1S/C7H8O.C3H7NO.2C2H6/c8-6-7-4-2-1-3-5-7;1-2-4-3-5;2*1-2/h1-5,8H,6H2;3H,2H2,1H3,(H,4,5);2*1-2H3. The van der Waals surface area contributed by atoms with Crippen molar-refractivity contribution in [3.63, 3.8) is 0 Å². The molecule has 3 nitrogen and oxygen atoms in total. The van der Waals surface area contributed by atoms with E-state index in [-0.39, 0.29) is 6.61 Å². The van der Waals surface area contributed by atoms with Gasteiger partial charge in [0, 0.05) is 6.54 Å². The SMILES string of the molecule is CC.CC.CCNC=O.OCc1ccccc1. The highest BCUT2D eigenvalue weighted by Crippen LogP contribution is 1.95. The normalized spacial score (nSPS) is 6.94. The molecule has 0 fully saturated rings. The van der Waals surface area contributed by atoms with Gasteiger partial charge in [0.1, 0.15) is 0 Å². The van der Waals surface area contributed by atoms with Crippen LogP contribution in [-0.2, 0) is 11.4 Å². The zero-order chi connectivity index (χ0) is 13.9. The molecule has 0 heterocycles. The third kappa shape index (κ3) is 20.7. The Morgan fingerprint density at radius 1 is 1.12 bits per heavy atom. The van der Waals surface area contributed by atoms with Gasteiger partial charge in [0.15, 0.2) is 0 Å². The Hall–Kier alpha value is -1.35. The first kappa shape index (κ1) is 21.0. The summed E-state index contributed by atoms with van der Waals surface area (Å²) >= 11 is 0. The lowest BCUT2D eigenvalue weighted by Crippen LogP contribution is -2.07. The predicted octanol–water partition coefficient (Wildman–Crippen LogP) is 2.98. The van der Waals surface area contributed by atoms with Crippen molar-refractivity contribution < 1.29 is 9.90 Å². The van der Waals surface area contributed by atoms with Gasteiger partial charge in [0.05, 0.1) is 6.61 Å². The van der Waals surface area contributed by atoms with Crippen molar-refractivity contribution in [3.8, 4) is 0 Å². The summed E-state index contributed by atoms with van der Waals surface area (Å²) in [6.45, 7) is 10.7. The summed E-state index contributed by atoms with van der Waals surface area (Å²) in [6, 6.07) is 9.52.